The van der Waals surface area contributed by atoms with Crippen LogP contribution in [0.1, 0.15) is 49.3 Å². The number of hydrogen-bond donors (Lipinski definition) is 3. The Morgan fingerprint density at radius 1 is 1.07 bits per heavy atom. The Balaban J connectivity index is 2.08. The summed E-state index contributed by atoms with van der Waals surface area (Å²) in [5.41, 5.74) is 5.58. The van der Waals surface area contributed by atoms with Crippen LogP contribution in [0.5, 0.6) is 0 Å². The Kier molecular flexibility index (Phi) is 7.10. The van der Waals surface area contributed by atoms with Crippen molar-refractivity contribution in [1.82, 2.24) is 0 Å². The van der Waals surface area contributed by atoms with Crippen molar-refractivity contribution < 1.29 is 38.2 Å². The van der Waals surface area contributed by atoms with E-state index in [4.69, 9.17) is 24.7 Å². The Hall–Kier alpha value is -3.66. The molecule has 0 aliphatic heterocycles. The molecule has 0 aliphatic rings. The number of furan rings is 1. The van der Waals surface area contributed by atoms with Gasteiger partial charge in [-0.05, 0) is 31.5 Å². The van der Waals surface area contributed by atoms with Gasteiger partial charge < -0.3 is 24.7 Å². The first kappa shape index (κ1) is 21.6. The summed E-state index contributed by atoms with van der Waals surface area (Å²) < 4.78 is 15.0. The van der Waals surface area contributed by atoms with Crippen LogP contribution in [0.25, 0.3) is 0 Å². The normalized spacial score (nSPS) is 10.3. The third-order valence-corrected chi connectivity index (χ3v) is 3.77. The van der Waals surface area contributed by atoms with E-state index in [1.54, 1.807) is 19.1 Å². The molecule has 1 aromatic heterocycles. The van der Waals surface area contributed by atoms with Crippen LogP contribution < -0.4 is 11.1 Å². The van der Waals surface area contributed by atoms with Crippen molar-refractivity contribution in [2.75, 3.05) is 18.5 Å². The average Bonchev–Trinajstić information content (AvgIpc) is 3.02. The summed E-state index contributed by atoms with van der Waals surface area (Å²) in [4.78, 5) is 47.8. The predicted octanol–water partition coefficient (Wildman–Crippen LogP) is 1.15. The maximum absolute atomic E-state index is 12.1. The van der Waals surface area contributed by atoms with Gasteiger partial charge in [-0.25, -0.2) is 9.59 Å². The van der Waals surface area contributed by atoms with Gasteiger partial charge in [0.25, 0.3) is 11.8 Å². The molecule has 0 fully saturated rings. The minimum absolute atomic E-state index is 0.0357. The molecule has 2 rings (SSSR count). The van der Waals surface area contributed by atoms with Crippen molar-refractivity contribution >= 4 is 29.6 Å². The molecule has 29 heavy (non-hydrogen) atoms. The second kappa shape index (κ2) is 9.51. The van der Waals surface area contributed by atoms with Crippen LogP contribution in [-0.2, 0) is 20.9 Å². The molecule has 0 radical (unpaired) electrons. The lowest BCUT2D eigenvalue weighted by Crippen LogP contribution is -2.23. The molecule has 0 atom stereocenters. The van der Waals surface area contributed by atoms with E-state index >= 15 is 0 Å². The number of nitrogens with two attached hydrogens (primary N) is 1. The number of carbonyl (C=O) groups excluding carboxylic acids is 4. The van der Waals surface area contributed by atoms with Gasteiger partial charge in [-0.1, -0.05) is 12.1 Å². The highest BCUT2D eigenvalue weighted by Crippen LogP contribution is 2.27. The van der Waals surface area contributed by atoms with E-state index in [1.165, 1.54) is 19.1 Å². The Morgan fingerprint density at radius 2 is 1.72 bits per heavy atom. The summed E-state index contributed by atoms with van der Waals surface area (Å²) in [5, 5.41) is 11.2. The van der Waals surface area contributed by atoms with Gasteiger partial charge in [-0.3, -0.25) is 14.9 Å². The number of anilines is 1. The van der Waals surface area contributed by atoms with Crippen molar-refractivity contribution in [3.63, 3.8) is 0 Å². The zero-order chi connectivity index (χ0) is 21.6. The number of rotatable bonds is 8. The third-order valence-electron chi connectivity index (χ3n) is 3.77. The summed E-state index contributed by atoms with van der Waals surface area (Å²) in [5.74, 6) is -3.69. The second-order valence-electron chi connectivity index (χ2n) is 5.80. The number of esters is 2. The van der Waals surface area contributed by atoms with Crippen LogP contribution in [0.4, 0.5) is 5.88 Å². The largest absolute Gasteiger partial charge is 0.462 e. The van der Waals surface area contributed by atoms with E-state index in [2.05, 4.69) is 5.32 Å². The Bertz CT molecular complexity index is 930. The van der Waals surface area contributed by atoms with Crippen LogP contribution >= 0.6 is 0 Å². The van der Waals surface area contributed by atoms with E-state index < -0.39 is 30.4 Å². The number of primary amides is 1. The zero-order valence-corrected chi connectivity index (χ0v) is 15.8. The van der Waals surface area contributed by atoms with Gasteiger partial charge in [0, 0.05) is 0 Å². The third kappa shape index (κ3) is 5.20. The highest BCUT2D eigenvalue weighted by molar-refractivity contribution is 6.10. The average molecular weight is 404 g/mol. The predicted molar refractivity (Wildman–Crippen MR) is 99.2 cm³/mol. The lowest BCUT2D eigenvalue weighted by molar-refractivity contribution is -0.119. The van der Waals surface area contributed by atoms with Gasteiger partial charge in [0.2, 0.25) is 5.88 Å². The van der Waals surface area contributed by atoms with E-state index in [-0.39, 0.29) is 41.5 Å². The van der Waals surface area contributed by atoms with Crippen LogP contribution in [0.2, 0.25) is 0 Å². The molecular weight excluding hydrogens is 384 g/mol. The molecule has 154 valence electrons. The van der Waals surface area contributed by atoms with E-state index in [1.807, 2.05) is 0 Å². The molecule has 0 saturated heterocycles. The van der Waals surface area contributed by atoms with Crippen LogP contribution in [-0.4, -0.2) is 42.1 Å². The number of nitrogens with one attached hydrogen (secondary N) is 1. The molecule has 10 nitrogen and oxygen atoms in total. The highest BCUT2D eigenvalue weighted by atomic mass is 16.5. The quantitative estimate of drug-likeness (QED) is 0.553. The Labute approximate surface area is 165 Å². The summed E-state index contributed by atoms with van der Waals surface area (Å²) in [6.45, 7) is 2.22. The lowest BCUT2D eigenvalue weighted by Gasteiger charge is -2.06. The number of ether oxygens (including phenoxy) is 2. The number of aliphatic hydroxyl groups is 1. The molecule has 2 amide bonds. The Morgan fingerprint density at radius 3 is 2.28 bits per heavy atom. The molecule has 0 saturated carbocycles. The minimum Gasteiger partial charge on any atom is -0.462 e. The van der Waals surface area contributed by atoms with E-state index in [0.29, 0.717) is 5.56 Å². The molecule has 2 aromatic rings. The molecule has 1 aromatic carbocycles. The number of carbonyl (C=O) groups is 4. The fourth-order valence-electron chi connectivity index (χ4n) is 2.44. The highest BCUT2D eigenvalue weighted by Gasteiger charge is 2.29. The monoisotopic (exact) mass is 404 g/mol. The number of hydrogen-bond acceptors (Lipinski definition) is 8. The molecule has 0 unspecified atom stereocenters. The van der Waals surface area contributed by atoms with Gasteiger partial charge in [-0.2, -0.15) is 0 Å². The molecule has 1 heterocycles. The van der Waals surface area contributed by atoms with Gasteiger partial charge in [0.15, 0.2) is 6.61 Å². The molecule has 4 N–H and O–H groups in total. The first-order valence-corrected chi connectivity index (χ1v) is 8.55. The first-order chi connectivity index (χ1) is 13.8. The number of amides is 2. The van der Waals surface area contributed by atoms with Crippen molar-refractivity contribution in [2.45, 2.75) is 20.5 Å². The fourth-order valence-corrected chi connectivity index (χ4v) is 2.44. The van der Waals surface area contributed by atoms with Gasteiger partial charge >= 0.3 is 11.9 Å². The topological polar surface area (TPSA) is 158 Å². The molecule has 10 heteroatoms. The molecule has 0 bridgehead atoms. The van der Waals surface area contributed by atoms with Crippen molar-refractivity contribution in [3.8, 4) is 0 Å². The number of benzene rings is 1. The van der Waals surface area contributed by atoms with Crippen LogP contribution in [0.3, 0.4) is 0 Å². The van der Waals surface area contributed by atoms with Crippen LogP contribution in [0.15, 0.2) is 28.7 Å². The van der Waals surface area contributed by atoms with Crippen molar-refractivity contribution in [3.05, 3.63) is 52.3 Å². The summed E-state index contributed by atoms with van der Waals surface area (Å²) >= 11 is 0. The molecular formula is C19H20N2O8. The summed E-state index contributed by atoms with van der Waals surface area (Å²) in [7, 11) is 0. The van der Waals surface area contributed by atoms with Gasteiger partial charge in [0.05, 0.1) is 18.8 Å². The van der Waals surface area contributed by atoms with Crippen molar-refractivity contribution in [2.24, 2.45) is 5.73 Å². The second-order valence-corrected chi connectivity index (χ2v) is 5.80. The first-order valence-electron chi connectivity index (χ1n) is 8.55. The molecule has 0 aliphatic carbocycles. The SMILES string of the molecule is CCOC(=O)c1c(C)oc(NC(=O)COC(=O)c2ccc(CO)cc2)c1C(N)=O. The number of aryl methyl sites for hydroxylation is 1. The zero-order valence-electron chi connectivity index (χ0n) is 15.8. The summed E-state index contributed by atoms with van der Waals surface area (Å²) in [6.07, 6.45) is 0. The smallest absolute Gasteiger partial charge is 0.342 e. The minimum atomic E-state index is -0.999. The maximum Gasteiger partial charge on any atom is 0.342 e. The summed E-state index contributed by atoms with van der Waals surface area (Å²) in [6, 6.07) is 5.97. The van der Waals surface area contributed by atoms with Gasteiger partial charge in [-0.15, -0.1) is 0 Å². The van der Waals surface area contributed by atoms with E-state index in [0.717, 1.165) is 0 Å². The van der Waals surface area contributed by atoms with Gasteiger partial charge in [0.1, 0.15) is 16.9 Å². The molecule has 0 spiro atoms. The number of aliphatic hydroxyl groups excluding tert-OH is 1. The lowest BCUT2D eigenvalue weighted by atomic mass is 10.1. The standard InChI is InChI=1S/C19H20N2O8/c1-3-27-19(26)14-10(2)29-17(15(14)16(20)24)21-13(23)9-28-18(25)12-6-4-11(8-22)5-7-12/h4-7,22H,3,8-9H2,1-2H3,(H2,20,24)(H,21,23). The van der Waals surface area contributed by atoms with Crippen molar-refractivity contribution in [1.29, 1.82) is 0 Å². The fraction of sp³-hybridized carbons (Fsp3) is 0.263. The van der Waals surface area contributed by atoms with E-state index in [9.17, 15) is 19.2 Å². The maximum atomic E-state index is 12.1. The van der Waals surface area contributed by atoms with Crippen LogP contribution in [0, 0.1) is 6.92 Å².